The van der Waals surface area contributed by atoms with Gasteiger partial charge < -0.3 is 4.90 Å². The molecule has 1 aromatic heterocycles. The molecule has 1 heterocycles. The zero-order chi connectivity index (χ0) is 18.0. The summed E-state index contributed by atoms with van der Waals surface area (Å²) >= 11 is 0. The van der Waals surface area contributed by atoms with Crippen LogP contribution in [-0.2, 0) is 16.3 Å². The van der Waals surface area contributed by atoms with Gasteiger partial charge in [0.2, 0.25) is 0 Å². The summed E-state index contributed by atoms with van der Waals surface area (Å²) < 4.78 is 24.9. The van der Waals surface area contributed by atoms with E-state index in [9.17, 15) is 8.42 Å². The molecule has 2 aliphatic rings. The standard InChI is InChI=1S/C20H26N2O2S/c1-22(2)19-14-20(25(3,23)24)18(15-8-4-5-9-15)13-16(19)12-17-10-6-7-11-21-17/h6-7,10-11,14H,4-5,8-9,12-13H2,1-3H3. The van der Waals surface area contributed by atoms with Gasteiger partial charge in [0.05, 0.1) is 4.91 Å². The first kappa shape index (κ1) is 17.9. The second-order valence-corrected chi connectivity index (χ2v) is 9.11. The minimum absolute atomic E-state index is 0.512. The molecule has 0 aliphatic heterocycles. The van der Waals surface area contributed by atoms with Gasteiger partial charge in [0.25, 0.3) is 0 Å². The van der Waals surface area contributed by atoms with E-state index in [-0.39, 0.29) is 0 Å². The Balaban J connectivity index is 2.10. The van der Waals surface area contributed by atoms with Crippen LogP contribution in [0.15, 0.2) is 57.8 Å². The molecule has 0 amide bonds. The number of hydrogen-bond donors (Lipinski definition) is 0. The molecule has 3 rings (SSSR count). The molecule has 1 fully saturated rings. The van der Waals surface area contributed by atoms with Crippen LogP contribution in [0.2, 0.25) is 0 Å². The average Bonchev–Trinajstić information content (AvgIpc) is 3.08. The lowest BCUT2D eigenvalue weighted by Crippen LogP contribution is -2.20. The molecule has 0 spiro atoms. The van der Waals surface area contributed by atoms with Gasteiger partial charge in [-0.15, -0.1) is 0 Å². The van der Waals surface area contributed by atoms with Crippen molar-refractivity contribution in [1.82, 2.24) is 9.88 Å². The number of likely N-dealkylation sites (N-methyl/N-ethyl adjacent to an activating group) is 1. The van der Waals surface area contributed by atoms with Crippen molar-refractivity contribution in [3.63, 3.8) is 0 Å². The molecule has 0 N–H and O–H groups in total. The van der Waals surface area contributed by atoms with Gasteiger partial charge in [-0.05, 0) is 61.5 Å². The molecule has 4 nitrogen and oxygen atoms in total. The summed E-state index contributed by atoms with van der Waals surface area (Å²) in [5.41, 5.74) is 5.62. The van der Waals surface area contributed by atoms with Crippen molar-refractivity contribution < 1.29 is 8.42 Å². The third kappa shape index (κ3) is 4.03. The number of allylic oxidation sites excluding steroid dienone is 4. The predicted octanol–water partition coefficient (Wildman–Crippen LogP) is 3.64. The monoisotopic (exact) mass is 358 g/mol. The van der Waals surface area contributed by atoms with Gasteiger partial charge in [-0.3, -0.25) is 4.98 Å². The Morgan fingerprint density at radius 2 is 1.88 bits per heavy atom. The van der Waals surface area contributed by atoms with Crippen molar-refractivity contribution in [1.29, 1.82) is 0 Å². The van der Waals surface area contributed by atoms with E-state index in [4.69, 9.17) is 0 Å². The molecule has 25 heavy (non-hydrogen) atoms. The molecule has 2 aliphatic carbocycles. The van der Waals surface area contributed by atoms with Crippen LogP contribution >= 0.6 is 0 Å². The third-order valence-electron chi connectivity index (χ3n) is 4.95. The fraction of sp³-hybridized carbons (Fsp3) is 0.450. The molecule has 0 atom stereocenters. The fourth-order valence-corrected chi connectivity index (χ4v) is 4.75. The molecule has 0 radical (unpaired) electrons. The largest absolute Gasteiger partial charge is 0.378 e. The zero-order valence-electron chi connectivity index (χ0n) is 15.2. The highest BCUT2D eigenvalue weighted by atomic mass is 32.2. The normalized spacial score (nSPS) is 18.6. The van der Waals surface area contributed by atoms with Gasteiger partial charge in [0, 0.05) is 44.4 Å². The molecule has 0 aromatic carbocycles. The van der Waals surface area contributed by atoms with Gasteiger partial charge in [-0.1, -0.05) is 11.6 Å². The summed E-state index contributed by atoms with van der Waals surface area (Å²) in [6.07, 6.45) is 10.8. The molecule has 134 valence electrons. The first-order chi connectivity index (χ1) is 11.9. The molecule has 1 saturated carbocycles. The van der Waals surface area contributed by atoms with Crippen molar-refractivity contribution in [2.75, 3.05) is 20.4 Å². The van der Waals surface area contributed by atoms with Crippen LogP contribution in [0, 0.1) is 0 Å². The summed E-state index contributed by atoms with van der Waals surface area (Å²) in [7, 11) is 0.692. The number of aromatic nitrogens is 1. The quantitative estimate of drug-likeness (QED) is 0.824. The Morgan fingerprint density at radius 1 is 1.16 bits per heavy atom. The van der Waals surface area contributed by atoms with Gasteiger partial charge in [0.1, 0.15) is 0 Å². The molecule has 1 aromatic rings. The fourth-order valence-electron chi connectivity index (χ4n) is 3.76. The van der Waals surface area contributed by atoms with Crippen molar-refractivity contribution in [3.05, 3.63) is 63.5 Å². The smallest absolute Gasteiger partial charge is 0.175 e. The number of pyridine rings is 1. The highest BCUT2D eigenvalue weighted by Crippen LogP contribution is 2.40. The second kappa shape index (κ2) is 7.16. The van der Waals surface area contributed by atoms with E-state index in [2.05, 4.69) is 4.98 Å². The SMILES string of the molecule is CN(C)C1=C(Cc2ccccn2)CC(=C2CCCC2)C(S(C)(=O)=O)=C1. The zero-order valence-corrected chi connectivity index (χ0v) is 16.1. The van der Waals surface area contributed by atoms with Gasteiger partial charge in [0.15, 0.2) is 9.84 Å². The Bertz CT molecular complexity index is 839. The number of sulfone groups is 1. The van der Waals surface area contributed by atoms with E-state index >= 15 is 0 Å². The minimum atomic E-state index is -3.25. The molecule has 0 bridgehead atoms. The topological polar surface area (TPSA) is 50.3 Å². The summed E-state index contributed by atoms with van der Waals surface area (Å²) in [6, 6.07) is 5.94. The maximum Gasteiger partial charge on any atom is 0.175 e. The Hall–Kier alpha value is -1.88. The van der Waals surface area contributed by atoms with Crippen LogP contribution < -0.4 is 0 Å². The lowest BCUT2D eigenvalue weighted by molar-refractivity contribution is 0.515. The Labute approximate surface area is 150 Å². The van der Waals surface area contributed by atoms with Crippen LogP contribution in [0.1, 0.15) is 37.8 Å². The number of rotatable bonds is 4. The van der Waals surface area contributed by atoms with E-state index in [1.165, 1.54) is 17.4 Å². The highest BCUT2D eigenvalue weighted by molar-refractivity contribution is 7.94. The lowest BCUT2D eigenvalue weighted by atomic mass is 9.89. The summed E-state index contributed by atoms with van der Waals surface area (Å²) in [5.74, 6) is 0. The van der Waals surface area contributed by atoms with E-state index in [1.54, 1.807) is 0 Å². The van der Waals surface area contributed by atoms with Gasteiger partial charge >= 0.3 is 0 Å². The predicted molar refractivity (Wildman–Crippen MR) is 102 cm³/mol. The first-order valence-electron chi connectivity index (χ1n) is 8.78. The Morgan fingerprint density at radius 3 is 2.44 bits per heavy atom. The summed E-state index contributed by atoms with van der Waals surface area (Å²) in [4.78, 5) is 6.97. The maximum absolute atomic E-state index is 12.4. The Kier molecular flexibility index (Phi) is 5.13. The van der Waals surface area contributed by atoms with Crippen LogP contribution in [0.4, 0.5) is 0 Å². The van der Waals surface area contributed by atoms with Crippen LogP contribution in [0.25, 0.3) is 0 Å². The first-order valence-corrected chi connectivity index (χ1v) is 10.7. The van der Waals surface area contributed by atoms with Crippen LogP contribution in [-0.4, -0.2) is 38.7 Å². The van der Waals surface area contributed by atoms with E-state index < -0.39 is 9.84 Å². The average molecular weight is 359 g/mol. The van der Waals surface area contributed by atoms with Crippen molar-refractivity contribution >= 4 is 9.84 Å². The second-order valence-electron chi connectivity index (χ2n) is 7.13. The van der Waals surface area contributed by atoms with E-state index in [0.29, 0.717) is 11.3 Å². The third-order valence-corrected chi connectivity index (χ3v) is 6.12. The van der Waals surface area contributed by atoms with E-state index in [1.807, 2.05) is 49.5 Å². The van der Waals surface area contributed by atoms with Crippen molar-refractivity contribution in [2.45, 2.75) is 38.5 Å². The molecular formula is C20H26N2O2S. The maximum atomic E-state index is 12.4. The number of nitrogens with zero attached hydrogens (tertiary/aromatic N) is 2. The molecule has 0 saturated heterocycles. The molecule has 5 heteroatoms. The highest BCUT2D eigenvalue weighted by Gasteiger charge is 2.28. The lowest BCUT2D eigenvalue weighted by Gasteiger charge is -2.28. The van der Waals surface area contributed by atoms with Gasteiger partial charge in [-0.25, -0.2) is 8.42 Å². The molecular weight excluding hydrogens is 332 g/mol. The van der Waals surface area contributed by atoms with Gasteiger partial charge in [-0.2, -0.15) is 0 Å². The minimum Gasteiger partial charge on any atom is -0.378 e. The number of hydrogen-bond acceptors (Lipinski definition) is 4. The van der Waals surface area contributed by atoms with Crippen LogP contribution in [0.3, 0.4) is 0 Å². The molecule has 0 unspecified atom stereocenters. The summed E-state index contributed by atoms with van der Waals surface area (Å²) in [6.45, 7) is 0. The van der Waals surface area contributed by atoms with Crippen molar-refractivity contribution in [3.8, 4) is 0 Å². The van der Waals surface area contributed by atoms with E-state index in [0.717, 1.165) is 49.1 Å². The summed E-state index contributed by atoms with van der Waals surface area (Å²) in [5, 5.41) is 0. The van der Waals surface area contributed by atoms with Crippen molar-refractivity contribution in [2.24, 2.45) is 0 Å². The van der Waals surface area contributed by atoms with Crippen LogP contribution in [0.5, 0.6) is 0 Å².